The number of nitrogens with zero attached hydrogens (tertiary/aromatic N) is 1. The number of hydrogen-bond donors (Lipinski definition) is 3. The van der Waals surface area contributed by atoms with E-state index in [9.17, 15) is 5.11 Å². The lowest BCUT2D eigenvalue weighted by molar-refractivity contribution is 0.127. The van der Waals surface area contributed by atoms with Crippen molar-refractivity contribution in [2.45, 2.75) is 36.1 Å². The molecule has 3 rings (SSSR count). The Morgan fingerprint density at radius 3 is 2.47 bits per heavy atom. The second kappa shape index (κ2) is 13.2. The third kappa shape index (κ3) is 7.76. The molecule has 2 aromatic carbocycles. The number of halogens is 1. The van der Waals surface area contributed by atoms with Gasteiger partial charge < -0.3 is 20.5 Å². The monoisotopic (exact) mass is 541 g/mol. The van der Waals surface area contributed by atoms with Gasteiger partial charge in [0, 0.05) is 41.5 Å². The van der Waals surface area contributed by atoms with Crippen molar-refractivity contribution in [2.75, 3.05) is 32.9 Å². The lowest BCUT2D eigenvalue weighted by atomic mass is 9.84. The Morgan fingerprint density at radius 2 is 1.83 bits per heavy atom. The Kier molecular flexibility index (Phi) is 11.0. The van der Waals surface area contributed by atoms with Crippen LogP contribution in [0.15, 0.2) is 69.4 Å². The van der Waals surface area contributed by atoms with Gasteiger partial charge in [-0.3, -0.25) is 0 Å². The fourth-order valence-corrected chi connectivity index (χ4v) is 4.22. The van der Waals surface area contributed by atoms with Gasteiger partial charge in [-0.05, 0) is 49.6 Å². The van der Waals surface area contributed by atoms with Gasteiger partial charge in [-0.25, -0.2) is 4.99 Å². The molecular weight excluding hydrogens is 509 g/mol. The van der Waals surface area contributed by atoms with Gasteiger partial charge in [-0.15, -0.1) is 24.0 Å². The molecule has 1 aliphatic heterocycles. The maximum Gasteiger partial charge on any atom is 0.191 e. The van der Waals surface area contributed by atoms with Crippen LogP contribution in [0.1, 0.15) is 25.3 Å². The van der Waals surface area contributed by atoms with Crippen molar-refractivity contribution in [2.24, 2.45) is 10.4 Å². The van der Waals surface area contributed by atoms with Crippen LogP contribution in [0.4, 0.5) is 0 Å². The average molecular weight is 541 g/mol. The van der Waals surface area contributed by atoms with Crippen molar-refractivity contribution in [1.82, 2.24) is 10.6 Å². The molecule has 3 N–H and O–H groups in total. The second-order valence-electron chi connectivity index (χ2n) is 7.38. The molecule has 2 aromatic rings. The highest BCUT2D eigenvalue weighted by Gasteiger charge is 2.34. The molecule has 0 aliphatic carbocycles. The predicted octanol–water partition coefficient (Wildman–Crippen LogP) is 4.30. The highest BCUT2D eigenvalue weighted by molar-refractivity contribution is 14.0. The fraction of sp³-hybridized carbons (Fsp3) is 0.435. The van der Waals surface area contributed by atoms with E-state index in [0.29, 0.717) is 13.2 Å². The lowest BCUT2D eigenvalue weighted by Gasteiger charge is -2.27. The fourth-order valence-electron chi connectivity index (χ4n) is 3.38. The van der Waals surface area contributed by atoms with Crippen LogP contribution in [0.5, 0.6) is 0 Å². The summed E-state index contributed by atoms with van der Waals surface area (Å²) < 4.78 is 5.57. The first-order chi connectivity index (χ1) is 14.2. The topological polar surface area (TPSA) is 65.9 Å². The summed E-state index contributed by atoms with van der Waals surface area (Å²) in [6, 6.07) is 19.0. The zero-order valence-electron chi connectivity index (χ0n) is 17.5. The Hall–Kier alpha value is -1.29. The van der Waals surface area contributed by atoms with Gasteiger partial charge in [0.25, 0.3) is 0 Å². The van der Waals surface area contributed by atoms with E-state index < -0.39 is 0 Å². The van der Waals surface area contributed by atoms with E-state index in [0.717, 1.165) is 38.5 Å². The van der Waals surface area contributed by atoms with E-state index in [1.807, 2.05) is 6.07 Å². The smallest absolute Gasteiger partial charge is 0.191 e. The van der Waals surface area contributed by atoms with Gasteiger partial charge in [-0.1, -0.05) is 42.1 Å². The molecule has 164 valence electrons. The summed E-state index contributed by atoms with van der Waals surface area (Å²) in [6.07, 6.45) is 1.72. The molecule has 5 nitrogen and oxygen atoms in total. The summed E-state index contributed by atoms with van der Waals surface area (Å²) in [5.74, 6) is 0.805. The van der Waals surface area contributed by atoms with Crippen molar-refractivity contribution in [3.05, 3.63) is 60.2 Å². The number of ether oxygens (including phenoxy) is 1. The molecule has 1 saturated heterocycles. The van der Waals surface area contributed by atoms with Gasteiger partial charge in [0.1, 0.15) is 0 Å². The first-order valence-corrected chi connectivity index (χ1v) is 11.1. The van der Waals surface area contributed by atoms with Crippen LogP contribution in [-0.4, -0.2) is 44.0 Å². The molecule has 0 bridgehead atoms. The molecule has 1 atom stereocenters. The number of aliphatic hydroxyl groups excluding tert-OH is 1. The van der Waals surface area contributed by atoms with Crippen molar-refractivity contribution in [3.63, 3.8) is 0 Å². The van der Waals surface area contributed by atoms with Gasteiger partial charge in [-0.2, -0.15) is 0 Å². The maximum atomic E-state index is 9.40. The zero-order chi connectivity index (χ0) is 20.4. The van der Waals surface area contributed by atoms with Gasteiger partial charge >= 0.3 is 0 Å². The number of aliphatic hydroxyl groups is 1. The minimum Gasteiger partial charge on any atom is -0.396 e. The van der Waals surface area contributed by atoms with E-state index in [2.05, 4.69) is 66.1 Å². The van der Waals surface area contributed by atoms with E-state index in [-0.39, 0.29) is 36.0 Å². The zero-order valence-corrected chi connectivity index (χ0v) is 20.6. The number of guanidine groups is 1. The average Bonchev–Trinajstić information content (AvgIpc) is 3.21. The second-order valence-corrected chi connectivity index (χ2v) is 8.53. The third-order valence-electron chi connectivity index (χ3n) is 5.12. The van der Waals surface area contributed by atoms with Crippen molar-refractivity contribution >= 4 is 41.7 Å². The Balaban J connectivity index is 0.00000320. The molecule has 7 heteroatoms. The summed E-state index contributed by atoms with van der Waals surface area (Å²) in [5, 5.41) is 16.2. The van der Waals surface area contributed by atoms with E-state index in [1.165, 1.54) is 15.4 Å². The Labute approximate surface area is 201 Å². The van der Waals surface area contributed by atoms with Crippen molar-refractivity contribution in [1.29, 1.82) is 0 Å². The van der Waals surface area contributed by atoms with E-state index in [1.54, 1.807) is 11.8 Å². The molecule has 0 saturated carbocycles. The minimum atomic E-state index is 0. The highest BCUT2D eigenvalue weighted by atomic mass is 127. The molecule has 0 radical (unpaired) electrons. The molecular formula is C23H32IN3O2S. The third-order valence-corrected chi connectivity index (χ3v) is 6.14. The Bertz CT molecular complexity index is 766. The SMILES string of the molecule is CCNC(=NCc1ccc(Sc2ccccc2)cc1)NCC1(CCO)CCOC1.I. The summed E-state index contributed by atoms with van der Waals surface area (Å²) in [7, 11) is 0. The normalized spacial score (nSPS) is 18.7. The quantitative estimate of drug-likeness (QED) is 0.251. The largest absolute Gasteiger partial charge is 0.396 e. The van der Waals surface area contributed by atoms with Crippen LogP contribution in [0, 0.1) is 5.41 Å². The molecule has 0 spiro atoms. The summed E-state index contributed by atoms with van der Waals surface area (Å²) in [6.45, 7) is 5.90. The molecule has 1 unspecified atom stereocenters. The molecule has 0 aromatic heterocycles. The molecule has 1 aliphatic rings. The van der Waals surface area contributed by atoms with Crippen LogP contribution >= 0.6 is 35.7 Å². The standard InChI is InChI=1S/C23H31N3O2S.HI/c1-2-24-22(26-17-23(12-14-27)13-15-28-18-23)25-16-19-8-10-21(11-9-19)29-20-6-4-3-5-7-20;/h3-11,27H,2,12-18H2,1H3,(H2,24,25,26);1H. The van der Waals surface area contributed by atoms with Gasteiger partial charge in [0.15, 0.2) is 5.96 Å². The summed E-state index contributed by atoms with van der Waals surface area (Å²) in [5.41, 5.74) is 1.18. The summed E-state index contributed by atoms with van der Waals surface area (Å²) in [4.78, 5) is 7.20. The van der Waals surface area contributed by atoms with E-state index in [4.69, 9.17) is 9.73 Å². The number of hydrogen-bond acceptors (Lipinski definition) is 4. The highest BCUT2D eigenvalue weighted by Crippen LogP contribution is 2.31. The molecule has 30 heavy (non-hydrogen) atoms. The van der Waals surface area contributed by atoms with Gasteiger partial charge in [0.2, 0.25) is 0 Å². The van der Waals surface area contributed by atoms with Crippen LogP contribution in [-0.2, 0) is 11.3 Å². The predicted molar refractivity (Wildman–Crippen MR) is 135 cm³/mol. The first kappa shape index (κ1) is 25.0. The minimum absolute atomic E-state index is 0. The number of aliphatic imine (C=N–C) groups is 1. The molecule has 0 amide bonds. The lowest BCUT2D eigenvalue weighted by Crippen LogP contribution is -2.44. The number of benzene rings is 2. The van der Waals surface area contributed by atoms with Crippen molar-refractivity contribution < 1.29 is 9.84 Å². The maximum absolute atomic E-state index is 9.40. The summed E-state index contributed by atoms with van der Waals surface area (Å²) >= 11 is 1.76. The van der Waals surface area contributed by atoms with Crippen LogP contribution in [0.25, 0.3) is 0 Å². The van der Waals surface area contributed by atoms with E-state index >= 15 is 0 Å². The molecule has 1 heterocycles. The van der Waals surface area contributed by atoms with Crippen LogP contribution in [0.2, 0.25) is 0 Å². The van der Waals surface area contributed by atoms with Crippen molar-refractivity contribution in [3.8, 4) is 0 Å². The van der Waals surface area contributed by atoms with Crippen LogP contribution in [0.3, 0.4) is 0 Å². The van der Waals surface area contributed by atoms with Gasteiger partial charge in [0.05, 0.1) is 13.2 Å². The Morgan fingerprint density at radius 1 is 1.10 bits per heavy atom. The number of nitrogens with one attached hydrogen (secondary N) is 2. The number of rotatable bonds is 9. The molecule has 1 fully saturated rings. The van der Waals surface area contributed by atoms with Crippen LogP contribution < -0.4 is 10.6 Å². The first-order valence-electron chi connectivity index (χ1n) is 10.3.